The van der Waals surface area contributed by atoms with Crippen LogP contribution in [-0.2, 0) is 32.1 Å². The molecule has 0 saturated carbocycles. The fraction of sp³-hybridized carbons (Fsp3) is 0.348. The summed E-state index contributed by atoms with van der Waals surface area (Å²) in [7, 11) is 1.31. The van der Waals surface area contributed by atoms with Crippen molar-refractivity contribution in [3.63, 3.8) is 0 Å². The molecule has 0 spiro atoms. The highest BCUT2D eigenvalue weighted by Gasteiger charge is 2.38. The van der Waals surface area contributed by atoms with Gasteiger partial charge in [0.05, 0.1) is 7.11 Å². The van der Waals surface area contributed by atoms with Gasteiger partial charge in [-0.1, -0.05) is 60.7 Å². The number of nitrogens with zero attached hydrogens (tertiary/aromatic N) is 1. The molecule has 0 bridgehead atoms. The van der Waals surface area contributed by atoms with Crippen LogP contribution in [-0.4, -0.2) is 48.6 Å². The van der Waals surface area contributed by atoms with E-state index in [4.69, 9.17) is 9.47 Å². The van der Waals surface area contributed by atoms with Crippen LogP contribution in [0.5, 0.6) is 0 Å². The molecule has 1 fully saturated rings. The number of methoxy groups -OCH3 is 1. The van der Waals surface area contributed by atoms with Gasteiger partial charge in [0, 0.05) is 13.0 Å². The van der Waals surface area contributed by atoms with Gasteiger partial charge in [0.15, 0.2) is 0 Å². The maximum Gasteiger partial charge on any atom is 0.408 e. The molecule has 2 aromatic carbocycles. The van der Waals surface area contributed by atoms with E-state index < -0.39 is 24.1 Å². The third kappa shape index (κ3) is 5.59. The van der Waals surface area contributed by atoms with E-state index in [1.54, 1.807) is 0 Å². The number of esters is 1. The topological polar surface area (TPSA) is 84.9 Å². The number of rotatable bonds is 7. The average Bonchev–Trinajstić information content (AvgIpc) is 3.27. The Morgan fingerprint density at radius 3 is 2.30 bits per heavy atom. The second-order valence-electron chi connectivity index (χ2n) is 7.16. The first-order valence-corrected chi connectivity index (χ1v) is 9.98. The van der Waals surface area contributed by atoms with Crippen LogP contribution in [0.2, 0.25) is 0 Å². The first-order chi connectivity index (χ1) is 14.6. The number of carbonyl (C=O) groups is 3. The molecule has 3 rings (SSSR count). The van der Waals surface area contributed by atoms with Crippen molar-refractivity contribution in [2.24, 2.45) is 0 Å². The van der Waals surface area contributed by atoms with Crippen molar-refractivity contribution in [2.45, 2.75) is 38.0 Å². The Bertz CT molecular complexity index is 856. The van der Waals surface area contributed by atoms with E-state index in [-0.39, 0.29) is 12.5 Å². The van der Waals surface area contributed by atoms with Gasteiger partial charge in [0.25, 0.3) is 0 Å². The molecule has 7 nitrogen and oxygen atoms in total. The van der Waals surface area contributed by atoms with Crippen molar-refractivity contribution in [2.75, 3.05) is 13.7 Å². The largest absolute Gasteiger partial charge is 0.467 e. The first kappa shape index (κ1) is 21.4. The van der Waals surface area contributed by atoms with E-state index in [0.717, 1.165) is 11.1 Å². The Morgan fingerprint density at radius 2 is 1.67 bits per heavy atom. The van der Waals surface area contributed by atoms with E-state index in [0.29, 0.717) is 25.8 Å². The van der Waals surface area contributed by atoms with Crippen LogP contribution in [0.4, 0.5) is 4.79 Å². The van der Waals surface area contributed by atoms with Gasteiger partial charge in [-0.25, -0.2) is 9.59 Å². The summed E-state index contributed by atoms with van der Waals surface area (Å²) in [5.41, 5.74) is 1.75. The smallest absolute Gasteiger partial charge is 0.408 e. The number of ether oxygens (including phenoxy) is 2. The van der Waals surface area contributed by atoms with Gasteiger partial charge in [-0.05, 0) is 24.0 Å². The summed E-state index contributed by atoms with van der Waals surface area (Å²) in [6.45, 7) is 0.554. The quantitative estimate of drug-likeness (QED) is 0.710. The SMILES string of the molecule is COC(=O)[C@H]1CCCN1C(=O)[C@@H](Cc1ccccc1)NC(=O)OCc1ccccc1. The van der Waals surface area contributed by atoms with Crippen LogP contribution in [0.25, 0.3) is 0 Å². The zero-order valence-electron chi connectivity index (χ0n) is 17.0. The normalized spacial score (nSPS) is 16.6. The lowest BCUT2D eigenvalue weighted by atomic mass is 10.0. The van der Waals surface area contributed by atoms with E-state index in [1.165, 1.54) is 12.0 Å². The summed E-state index contributed by atoms with van der Waals surface area (Å²) in [6, 6.07) is 17.2. The number of carbonyl (C=O) groups excluding carboxylic acids is 3. The Kier molecular flexibility index (Phi) is 7.43. The first-order valence-electron chi connectivity index (χ1n) is 9.98. The fourth-order valence-electron chi connectivity index (χ4n) is 3.57. The second-order valence-corrected chi connectivity index (χ2v) is 7.16. The molecule has 158 valence electrons. The van der Waals surface area contributed by atoms with Crippen molar-refractivity contribution in [1.82, 2.24) is 10.2 Å². The van der Waals surface area contributed by atoms with Crippen LogP contribution < -0.4 is 5.32 Å². The van der Waals surface area contributed by atoms with Crippen LogP contribution in [0, 0.1) is 0 Å². The molecule has 2 atom stereocenters. The molecule has 2 amide bonds. The van der Waals surface area contributed by atoms with Crippen molar-refractivity contribution in [3.8, 4) is 0 Å². The number of hydrogen-bond donors (Lipinski definition) is 1. The van der Waals surface area contributed by atoms with E-state index >= 15 is 0 Å². The predicted molar refractivity (Wildman–Crippen MR) is 110 cm³/mol. The number of amides is 2. The van der Waals surface area contributed by atoms with Gasteiger partial charge < -0.3 is 19.7 Å². The Hall–Kier alpha value is -3.35. The molecule has 7 heteroatoms. The third-order valence-electron chi connectivity index (χ3n) is 5.09. The summed E-state index contributed by atoms with van der Waals surface area (Å²) in [6.07, 6.45) is 0.878. The number of benzene rings is 2. The lowest BCUT2D eigenvalue weighted by Gasteiger charge is -2.28. The van der Waals surface area contributed by atoms with Crippen LogP contribution in [0.15, 0.2) is 60.7 Å². The van der Waals surface area contributed by atoms with Crippen molar-refractivity contribution in [1.29, 1.82) is 0 Å². The van der Waals surface area contributed by atoms with Gasteiger partial charge in [-0.15, -0.1) is 0 Å². The molecule has 0 radical (unpaired) electrons. The number of alkyl carbamates (subject to hydrolysis) is 1. The summed E-state index contributed by atoms with van der Waals surface area (Å²) in [4.78, 5) is 39.2. The molecule has 1 aliphatic rings. The van der Waals surface area contributed by atoms with Gasteiger partial charge in [-0.2, -0.15) is 0 Å². The van der Waals surface area contributed by atoms with E-state index in [2.05, 4.69) is 5.32 Å². The summed E-state index contributed by atoms with van der Waals surface area (Å²) in [5.74, 6) is -0.755. The molecule has 0 unspecified atom stereocenters. The van der Waals surface area contributed by atoms with Crippen LogP contribution >= 0.6 is 0 Å². The minimum Gasteiger partial charge on any atom is -0.467 e. The van der Waals surface area contributed by atoms with Crippen molar-refractivity contribution < 1.29 is 23.9 Å². The van der Waals surface area contributed by atoms with Gasteiger partial charge >= 0.3 is 12.1 Å². The Labute approximate surface area is 176 Å². The zero-order valence-corrected chi connectivity index (χ0v) is 17.0. The van der Waals surface area contributed by atoms with Crippen LogP contribution in [0.3, 0.4) is 0 Å². The van der Waals surface area contributed by atoms with Crippen LogP contribution in [0.1, 0.15) is 24.0 Å². The van der Waals surface area contributed by atoms with E-state index in [1.807, 2.05) is 60.7 Å². The lowest BCUT2D eigenvalue weighted by Crippen LogP contribution is -2.52. The molecule has 1 N–H and O–H groups in total. The standard InChI is InChI=1S/C23H26N2O5/c1-29-22(27)20-13-8-14-25(20)21(26)19(15-17-9-4-2-5-10-17)24-23(28)30-16-18-11-6-3-7-12-18/h2-7,9-12,19-20H,8,13-16H2,1H3,(H,24,28)/t19-,20-/m1/s1. The summed E-state index contributed by atoms with van der Waals surface area (Å²) < 4.78 is 10.1. The molecular formula is C23H26N2O5. The molecular weight excluding hydrogens is 384 g/mol. The third-order valence-corrected chi connectivity index (χ3v) is 5.09. The predicted octanol–water partition coefficient (Wildman–Crippen LogP) is 2.69. The molecule has 0 aliphatic carbocycles. The Morgan fingerprint density at radius 1 is 1.03 bits per heavy atom. The fourth-order valence-corrected chi connectivity index (χ4v) is 3.57. The highest BCUT2D eigenvalue weighted by molar-refractivity contribution is 5.90. The minimum absolute atomic E-state index is 0.105. The minimum atomic E-state index is -0.846. The molecule has 1 heterocycles. The summed E-state index contributed by atoms with van der Waals surface area (Å²) >= 11 is 0. The monoisotopic (exact) mass is 410 g/mol. The lowest BCUT2D eigenvalue weighted by molar-refractivity contribution is -0.151. The number of nitrogens with one attached hydrogen (secondary N) is 1. The zero-order chi connectivity index (χ0) is 21.3. The molecule has 1 aliphatic heterocycles. The van der Waals surface area contributed by atoms with E-state index in [9.17, 15) is 14.4 Å². The van der Waals surface area contributed by atoms with Gasteiger partial charge in [0.1, 0.15) is 18.7 Å². The Balaban J connectivity index is 1.70. The molecule has 30 heavy (non-hydrogen) atoms. The maximum absolute atomic E-state index is 13.2. The summed E-state index contributed by atoms with van der Waals surface area (Å²) in [5, 5.41) is 2.69. The maximum atomic E-state index is 13.2. The number of hydrogen-bond acceptors (Lipinski definition) is 5. The highest BCUT2D eigenvalue weighted by atomic mass is 16.5. The number of likely N-dealkylation sites (tertiary alicyclic amines) is 1. The molecule has 0 aromatic heterocycles. The highest BCUT2D eigenvalue weighted by Crippen LogP contribution is 2.20. The molecule has 1 saturated heterocycles. The van der Waals surface area contributed by atoms with Gasteiger partial charge in [-0.3, -0.25) is 4.79 Å². The second kappa shape index (κ2) is 10.4. The molecule has 2 aromatic rings. The van der Waals surface area contributed by atoms with Crippen molar-refractivity contribution >= 4 is 18.0 Å². The van der Waals surface area contributed by atoms with Crippen molar-refractivity contribution in [3.05, 3.63) is 71.8 Å². The average molecular weight is 410 g/mol. The van der Waals surface area contributed by atoms with Gasteiger partial charge in [0.2, 0.25) is 5.91 Å².